The summed E-state index contributed by atoms with van der Waals surface area (Å²) in [6.45, 7) is 1.87. The van der Waals surface area contributed by atoms with Crippen LogP contribution in [0.3, 0.4) is 0 Å². The number of aromatic amines is 1. The van der Waals surface area contributed by atoms with Gasteiger partial charge in [0.1, 0.15) is 5.82 Å². The highest BCUT2D eigenvalue weighted by molar-refractivity contribution is 5.95. The number of anilines is 1. The fourth-order valence-corrected chi connectivity index (χ4v) is 3.62. The summed E-state index contributed by atoms with van der Waals surface area (Å²) in [6.07, 6.45) is 0.252. The van der Waals surface area contributed by atoms with Crippen molar-refractivity contribution in [3.63, 3.8) is 0 Å². The van der Waals surface area contributed by atoms with Crippen molar-refractivity contribution in [2.45, 2.75) is 19.3 Å². The molecule has 0 spiro atoms. The molecular weight excluding hydrogens is 362 g/mol. The van der Waals surface area contributed by atoms with E-state index in [0.29, 0.717) is 23.1 Å². The summed E-state index contributed by atoms with van der Waals surface area (Å²) in [5, 5.41) is 13.8. The zero-order chi connectivity index (χ0) is 19.8. The van der Waals surface area contributed by atoms with Crippen LogP contribution in [-0.2, 0) is 4.79 Å². The number of nitrogens with one attached hydrogen (secondary N) is 2. The fourth-order valence-electron chi connectivity index (χ4n) is 3.62. The zero-order valence-corrected chi connectivity index (χ0v) is 15.6. The highest BCUT2D eigenvalue weighted by Gasteiger charge is 2.35. The molecule has 3 heterocycles. The molecule has 2 N–H and O–H groups in total. The number of H-pyrrole nitrogens is 1. The van der Waals surface area contributed by atoms with Crippen molar-refractivity contribution >= 4 is 11.7 Å². The van der Waals surface area contributed by atoms with Crippen LogP contribution in [0.1, 0.15) is 29.2 Å². The van der Waals surface area contributed by atoms with Gasteiger partial charge in [0, 0.05) is 29.5 Å². The van der Waals surface area contributed by atoms with Crippen LogP contribution in [0.2, 0.25) is 0 Å². The smallest absolute Gasteiger partial charge is 0.264 e. The predicted molar refractivity (Wildman–Crippen MR) is 101 cm³/mol. The van der Waals surface area contributed by atoms with Crippen LogP contribution in [0.25, 0.3) is 5.82 Å². The number of carbonyl (C=O) groups is 1. The Kier molecular flexibility index (Phi) is 4.34. The number of amides is 1. The van der Waals surface area contributed by atoms with E-state index in [0.717, 1.165) is 16.8 Å². The molecule has 1 amide bonds. The zero-order valence-electron chi connectivity index (χ0n) is 15.6. The lowest BCUT2D eigenvalue weighted by Crippen LogP contribution is -2.25. The summed E-state index contributed by atoms with van der Waals surface area (Å²) in [6, 6.07) is 8.51. The van der Waals surface area contributed by atoms with Crippen molar-refractivity contribution in [1.82, 2.24) is 20.0 Å². The van der Waals surface area contributed by atoms with Gasteiger partial charge in [-0.05, 0) is 19.1 Å². The first-order valence-corrected chi connectivity index (χ1v) is 8.69. The molecule has 9 heteroatoms. The second kappa shape index (κ2) is 6.84. The maximum absolute atomic E-state index is 12.5. The summed E-state index contributed by atoms with van der Waals surface area (Å²) in [5.41, 5.74) is 2.15. The number of nitrogens with zero attached hydrogens (tertiary/aromatic N) is 3. The molecule has 1 atom stereocenters. The largest absolute Gasteiger partial charge is 0.493 e. The Morgan fingerprint density at radius 1 is 1.14 bits per heavy atom. The third kappa shape index (κ3) is 2.81. The van der Waals surface area contributed by atoms with Crippen molar-refractivity contribution in [3.8, 4) is 17.3 Å². The Labute approximate surface area is 160 Å². The lowest BCUT2D eigenvalue weighted by atomic mass is 9.85. The first-order chi connectivity index (χ1) is 13.5. The Morgan fingerprint density at radius 2 is 1.96 bits per heavy atom. The van der Waals surface area contributed by atoms with Crippen LogP contribution < -0.4 is 20.3 Å². The predicted octanol–water partition coefficient (Wildman–Crippen LogP) is 1.76. The molecule has 0 radical (unpaired) electrons. The molecule has 28 heavy (non-hydrogen) atoms. The quantitative estimate of drug-likeness (QED) is 0.712. The first-order valence-electron chi connectivity index (χ1n) is 8.69. The summed E-state index contributed by atoms with van der Waals surface area (Å²) in [7, 11) is 3.15. The van der Waals surface area contributed by atoms with Crippen LogP contribution in [0.5, 0.6) is 11.5 Å². The van der Waals surface area contributed by atoms with Gasteiger partial charge in [-0.3, -0.25) is 9.59 Å². The maximum atomic E-state index is 12.5. The number of aryl methyl sites for hydroxylation is 1. The highest BCUT2D eigenvalue weighted by Crippen LogP contribution is 2.45. The summed E-state index contributed by atoms with van der Waals surface area (Å²) >= 11 is 0. The molecule has 1 unspecified atom stereocenters. The van der Waals surface area contributed by atoms with Gasteiger partial charge in [-0.25, -0.2) is 5.10 Å². The van der Waals surface area contributed by atoms with Crippen LogP contribution >= 0.6 is 0 Å². The molecule has 1 aliphatic heterocycles. The number of hydrogen-bond donors (Lipinski definition) is 2. The average Bonchev–Trinajstić information content (AvgIpc) is 3.03. The lowest BCUT2D eigenvalue weighted by Gasteiger charge is -2.26. The number of para-hydroxylation sites is 1. The molecule has 1 aromatic carbocycles. The van der Waals surface area contributed by atoms with Gasteiger partial charge in [-0.15, -0.1) is 0 Å². The minimum Gasteiger partial charge on any atom is -0.493 e. The van der Waals surface area contributed by atoms with Gasteiger partial charge < -0.3 is 14.8 Å². The van der Waals surface area contributed by atoms with Gasteiger partial charge in [0.15, 0.2) is 17.3 Å². The fraction of sp³-hybridized carbons (Fsp3) is 0.263. The first kappa shape index (κ1) is 17.8. The number of ether oxygens (including phenoxy) is 2. The highest BCUT2D eigenvalue weighted by atomic mass is 16.5. The number of methoxy groups -OCH3 is 2. The van der Waals surface area contributed by atoms with E-state index in [9.17, 15) is 9.59 Å². The molecule has 1 aliphatic rings. The molecule has 0 bridgehead atoms. The molecule has 0 fully saturated rings. The van der Waals surface area contributed by atoms with Gasteiger partial charge in [-0.1, -0.05) is 12.1 Å². The number of carbonyl (C=O) groups excluding carboxylic acids is 1. The van der Waals surface area contributed by atoms with Gasteiger partial charge >= 0.3 is 0 Å². The van der Waals surface area contributed by atoms with E-state index in [2.05, 4.69) is 20.6 Å². The third-order valence-electron chi connectivity index (χ3n) is 4.79. The minimum atomic E-state index is -0.315. The van der Waals surface area contributed by atoms with E-state index in [1.165, 1.54) is 10.7 Å². The summed E-state index contributed by atoms with van der Waals surface area (Å²) in [4.78, 5) is 23.8. The maximum Gasteiger partial charge on any atom is 0.264 e. The SMILES string of the molecule is COc1cccc(C2CC(=O)Nc3c2c(C)nn3-c2ccc(=O)[nH]n2)c1OC. The second-order valence-electron chi connectivity index (χ2n) is 6.43. The molecule has 3 aromatic rings. The normalized spacial score (nSPS) is 15.7. The van der Waals surface area contributed by atoms with Crippen molar-refractivity contribution in [3.05, 3.63) is 57.5 Å². The van der Waals surface area contributed by atoms with E-state index in [1.54, 1.807) is 20.3 Å². The average molecular weight is 381 g/mol. The van der Waals surface area contributed by atoms with E-state index >= 15 is 0 Å². The van der Waals surface area contributed by atoms with Gasteiger partial charge in [0.25, 0.3) is 5.56 Å². The number of benzene rings is 1. The van der Waals surface area contributed by atoms with E-state index < -0.39 is 0 Å². The Balaban J connectivity index is 1.91. The molecular formula is C19H19N5O4. The monoisotopic (exact) mass is 381 g/mol. The van der Waals surface area contributed by atoms with Crippen LogP contribution in [0.15, 0.2) is 35.1 Å². The number of hydrogen-bond acceptors (Lipinski definition) is 6. The molecule has 0 saturated heterocycles. The molecule has 0 aliphatic carbocycles. The Bertz CT molecular complexity index is 1100. The van der Waals surface area contributed by atoms with Gasteiger partial charge in [0.2, 0.25) is 5.91 Å². The molecule has 144 valence electrons. The van der Waals surface area contributed by atoms with Gasteiger partial charge in [-0.2, -0.15) is 14.9 Å². The van der Waals surface area contributed by atoms with Gasteiger partial charge in [0.05, 0.1) is 19.9 Å². The molecule has 2 aromatic heterocycles. The van der Waals surface area contributed by atoms with Crippen molar-refractivity contribution in [2.24, 2.45) is 0 Å². The minimum absolute atomic E-state index is 0.145. The molecule has 0 saturated carbocycles. The Hall–Kier alpha value is -3.62. The second-order valence-corrected chi connectivity index (χ2v) is 6.43. The van der Waals surface area contributed by atoms with Crippen molar-refractivity contribution < 1.29 is 14.3 Å². The van der Waals surface area contributed by atoms with E-state index in [1.807, 2.05) is 25.1 Å². The number of fused-ring (bicyclic) bond motifs is 1. The van der Waals surface area contributed by atoms with Crippen molar-refractivity contribution in [2.75, 3.05) is 19.5 Å². The van der Waals surface area contributed by atoms with Crippen LogP contribution in [0.4, 0.5) is 5.82 Å². The van der Waals surface area contributed by atoms with Crippen molar-refractivity contribution in [1.29, 1.82) is 0 Å². The number of rotatable bonds is 4. The standard InChI is InChI=1S/C19H19N5O4/c1-10-17-12(11-5-4-6-13(27-2)18(11)28-3)9-16(26)20-19(17)24(23-10)14-7-8-15(25)22-21-14/h4-8,12H,9H2,1-3H3,(H,20,26)(H,22,25). The van der Waals surface area contributed by atoms with E-state index in [4.69, 9.17) is 9.47 Å². The van der Waals surface area contributed by atoms with E-state index in [-0.39, 0.29) is 23.8 Å². The summed E-state index contributed by atoms with van der Waals surface area (Å²) in [5.74, 6) is 1.72. The molecule has 4 rings (SSSR count). The third-order valence-corrected chi connectivity index (χ3v) is 4.79. The number of aromatic nitrogens is 4. The Morgan fingerprint density at radius 3 is 2.64 bits per heavy atom. The van der Waals surface area contributed by atoms with Crippen LogP contribution in [0, 0.1) is 6.92 Å². The topological polar surface area (TPSA) is 111 Å². The lowest BCUT2D eigenvalue weighted by molar-refractivity contribution is -0.116. The van der Waals surface area contributed by atoms with Crippen LogP contribution in [-0.4, -0.2) is 40.1 Å². The summed E-state index contributed by atoms with van der Waals surface area (Å²) < 4.78 is 12.5. The molecule has 9 nitrogen and oxygen atoms in total.